The van der Waals surface area contributed by atoms with Crippen molar-refractivity contribution >= 4 is 29.1 Å². The molecule has 1 fully saturated rings. The zero-order valence-corrected chi connectivity index (χ0v) is 20.0. The Morgan fingerprint density at radius 2 is 1.74 bits per heavy atom. The number of rotatable bonds is 6. The molecule has 0 saturated carbocycles. The fraction of sp³-hybridized carbons (Fsp3) is 0.250. The lowest BCUT2D eigenvalue weighted by molar-refractivity contribution is -0.135. The van der Waals surface area contributed by atoms with Crippen molar-refractivity contribution in [3.63, 3.8) is 0 Å². The Bertz CT molecular complexity index is 1270. The molecule has 1 aliphatic heterocycles. The van der Waals surface area contributed by atoms with Crippen LogP contribution in [0.25, 0.3) is 0 Å². The number of nitrogens with zero attached hydrogens (tertiary/aromatic N) is 2. The van der Waals surface area contributed by atoms with Gasteiger partial charge < -0.3 is 15.3 Å². The van der Waals surface area contributed by atoms with Crippen LogP contribution in [0.2, 0.25) is 5.02 Å². The number of amides is 2. The highest BCUT2D eigenvalue weighted by atomic mass is 35.5. The van der Waals surface area contributed by atoms with Gasteiger partial charge in [-0.15, -0.1) is 0 Å². The number of nitriles is 1. The predicted molar refractivity (Wildman–Crippen MR) is 135 cm³/mol. The van der Waals surface area contributed by atoms with Gasteiger partial charge in [-0.05, 0) is 60.7 Å². The molecule has 1 heterocycles. The van der Waals surface area contributed by atoms with Crippen molar-refractivity contribution in [2.45, 2.75) is 31.3 Å². The maximum atomic E-state index is 13.4. The summed E-state index contributed by atoms with van der Waals surface area (Å²) in [6, 6.07) is 22.3. The first-order valence-electron chi connectivity index (χ1n) is 11.6. The highest BCUT2D eigenvalue weighted by molar-refractivity contribution is 6.32. The third-order valence-electron chi connectivity index (χ3n) is 6.25. The second-order valence-corrected chi connectivity index (χ2v) is 9.12. The Balaban J connectivity index is 1.62. The molecule has 0 aliphatic carbocycles. The molecule has 1 atom stereocenters. The van der Waals surface area contributed by atoms with E-state index in [9.17, 15) is 14.7 Å². The summed E-state index contributed by atoms with van der Waals surface area (Å²) >= 11 is 6.11. The van der Waals surface area contributed by atoms with Gasteiger partial charge in [0.2, 0.25) is 0 Å². The number of likely N-dealkylation sites (tertiary alicyclic amines) is 1. The molecule has 35 heavy (non-hydrogen) atoms. The summed E-state index contributed by atoms with van der Waals surface area (Å²) in [5.41, 5.74) is 0.367. The molecule has 178 valence electrons. The largest absolute Gasteiger partial charge is 0.375 e. The molecule has 0 radical (unpaired) electrons. The van der Waals surface area contributed by atoms with Crippen LogP contribution in [0.15, 0.2) is 72.8 Å². The van der Waals surface area contributed by atoms with E-state index in [0.717, 1.165) is 32.4 Å². The lowest BCUT2D eigenvalue weighted by Crippen LogP contribution is -2.42. The van der Waals surface area contributed by atoms with Crippen molar-refractivity contribution in [2.24, 2.45) is 0 Å². The molecule has 1 unspecified atom stereocenters. The normalized spacial score (nSPS) is 15.1. The first-order valence-corrected chi connectivity index (χ1v) is 12.0. The zero-order valence-electron chi connectivity index (χ0n) is 19.2. The van der Waals surface area contributed by atoms with Crippen molar-refractivity contribution in [3.05, 3.63) is 100 Å². The maximum absolute atomic E-state index is 13.4. The maximum Gasteiger partial charge on any atom is 0.261 e. The zero-order chi connectivity index (χ0) is 24.8. The van der Waals surface area contributed by atoms with Crippen LogP contribution >= 0.6 is 11.6 Å². The fourth-order valence-electron chi connectivity index (χ4n) is 4.33. The number of carbonyl (C=O) groups excluding carboxylic acids is 2. The molecular weight excluding hydrogens is 462 g/mol. The molecule has 1 saturated heterocycles. The van der Waals surface area contributed by atoms with Gasteiger partial charge in [0.25, 0.3) is 11.8 Å². The van der Waals surface area contributed by atoms with E-state index in [1.54, 1.807) is 60.7 Å². The highest BCUT2D eigenvalue weighted by Gasteiger charge is 2.38. The third kappa shape index (κ3) is 5.54. The molecule has 0 spiro atoms. The number of aliphatic hydroxyl groups is 1. The second kappa shape index (κ2) is 10.7. The van der Waals surface area contributed by atoms with E-state index in [1.165, 1.54) is 12.1 Å². The topological polar surface area (TPSA) is 93.4 Å². The van der Waals surface area contributed by atoms with E-state index < -0.39 is 11.5 Å². The van der Waals surface area contributed by atoms with Gasteiger partial charge in [0.15, 0.2) is 5.60 Å². The lowest BCUT2D eigenvalue weighted by atomic mass is 9.85. The Kier molecular flexibility index (Phi) is 7.50. The average Bonchev–Trinajstić information content (AvgIpc) is 2.89. The van der Waals surface area contributed by atoms with E-state index in [2.05, 4.69) is 5.32 Å². The molecule has 7 heteroatoms. The van der Waals surface area contributed by atoms with Crippen molar-refractivity contribution in [2.75, 3.05) is 18.4 Å². The van der Waals surface area contributed by atoms with Crippen LogP contribution < -0.4 is 5.32 Å². The number of halogens is 1. The van der Waals surface area contributed by atoms with Crippen molar-refractivity contribution < 1.29 is 14.7 Å². The van der Waals surface area contributed by atoms with Gasteiger partial charge in [-0.2, -0.15) is 5.26 Å². The van der Waals surface area contributed by atoms with Crippen LogP contribution in [0, 0.1) is 11.3 Å². The second-order valence-electron chi connectivity index (χ2n) is 8.72. The van der Waals surface area contributed by atoms with Gasteiger partial charge in [0, 0.05) is 30.8 Å². The van der Waals surface area contributed by atoms with Crippen LogP contribution in [-0.4, -0.2) is 34.9 Å². The van der Waals surface area contributed by atoms with Crippen molar-refractivity contribution in [1.82, 2.24) is 4.90 Å². The molecule has 2 N–H and O–H groups in total. The van der Waals surface area contributed by atoms with E-state index in [4.69, 9.17) is 16.9 Å². The molecule has 3 aromatic carbocycles. The number of hydrogen-bond acceptors (Lipinski definition) is 4. The number of benzene rings is 3. The Morgan fingerprint density at radius 3 is 2.43 bits per heavy atom. The number of nitrogens with one attached hydrogen (secondary N) is 1. The number of anilines is 1. The SMILES string of the molecule is N#Cc1ccc(NC(=O)C(O)(Cc2cccc(C(=O)N3CCCCC3)c2)c2ccccc2)cc1Cl. The summed E-state index contributed by atoms with van der Waals surface area (Å²) in [4.78, 5) is 28.3. The Labute approximate surface area is 209 Å². The standard InChI is InChI=1S/C28H26ClN3O3/c29-25-17-24(13-12-22(25)19-30)31-27(34)28(35,23-10-3-1-4-11-23)18-20-8-7-9-21(16-20)26(33)32-14-5-2-6-15-32/h1,3-4,7-13,16-17,35H,2,5-6,14-15,18H2,(H,31,34). The molecule has 6 nitrogen and oxygen atoms in total. The van der Waals surface area contributed by atoms with Gasteiger partial charge in [-0.1, -0.05) is 54.1 Å². The van der Waals surface area contributed by atoms with Gasteiger partial charge in [-0.3, -0.25) is 9.59 Å². The Morgan fingerprint density at radius 1 is 1.00 bits per heavy atom. The summed E-state index contributed by atoms with van der Waals surface area (Å²) in [5.74, 6) is -0.677. The van der Waals surface area contributed by atoms with E-state index in [-0.39, 0.29) is 22.9 Å². The first-order chi connectivity index (χ1) is 16.9. The first kappa shape index (κ1) is 24.5. The minimum Gasteiger partial charge on any atom is -0.375 e. The van der Waals surface area contributed by atoms with E-state index in [1.807, 2.05) is 11.0 Å². The summed E-state index contributed by atoms with van der Waals surface area (Å²) in [6.45, 7) is 1.49. The molecule has 4 rings (SSSR count). The summed E-state index contributed by atoms with van der Waals surface area (Å²) in [7, 11) is 0. The molecule has 3 aromatic rings. The molecule has 0 bridgehead atoms. The highest BCUT2D eigenvalue weighted by Crippen LogP contribution is 2.29. The van der Waals surface area contributed by atoms with E-state index in [0.29, 0.717) is 22.4 Å². The van der Waals surface area contributed by atoms with Crippen LogP contribution in [0.5, 0.6) is 0 Å². The monoisotopic (exact) mass is 487 g/mol. The number of carbonyl (C=O) groups is 2. The molecule has 2 amide bonds. The lowest BCUT2D eigenvalue weighted by Gasteiger charge is -2.29. The number of hydrogen-bond donors (Lipinski definition) is 2. The van der Waals surface area contributed by atoms with Crippen LogP contribution in [0.3, 0.4) is 0 Å². The van der Waals surface area contributed by atoms with E-state index >= 15 is 0 Å². The molecule has 0 aromatic heterocycles. The van der Waals surface area contributed by atoms with Crippen LogP contribution in [0.1, 0.15) is 46.3 Å². The minimum absolute atomic E-state index is 0.0338. The predicted octanol–water partition coefficient (Wildman–Crippen LogP) is 4.91. The Hall–Kier alpha value is -3.66. The summed E-state index contributed by atoms with van der Waals surface area (Å²) in [5, 5.41) is 23.7. The van der Waals surface area contributed by atoms with Gasteiger partial charge in [-0.25, -0.2) is 0 Å². The van der Waals surface area contributed by atoms with Crippen LogP contribution in [0.4, 0.5) is 5.69 Å². The van der Waals surface area contributed by atoms with Gasteiger partial charge in [0.1, 0.15) is 6.07 Å². The van der Waals surface area contributed by atoms with Crippen LogP contribution in [-0.2, 0) is 16.8 Å². The summed E-state index contributed by atoms with van der Waals surface area (Å²) in [6.07, 6.45) is 3.10. The smallest absolute Gasteiger partial charge is 0.261 e. The van der Waals surface area contributed by atoms with Crippen molar-refractivity contribution in [1.29, 1.82) is 5.26 Å². The van der Waals surface area contributed by atoms with Crippen molar-refractivity contribution in [3.8, 4) is 6.07 Å². The quantitative estimate of drug-likeness (QED) is 0.516. The molecule has 1 aliphatic rings. The number of piperidine rings is 1. The molecular formula is C28H26ClN3O3. The van der Waals surface area contributed by atoms with Gasteiger partial charge in [0.05, 0.1) is 10.6 Å². The van der Waals surface area contributed by atoms with Gasteiger partial charge >= 0.3 is 0 Å². The third-order valence-corrected chi connectivity index (χ3v) is 6.56. The summed E-state index contributed by atoms with van der Waals surface area (Å²) < 4.78 is 0. The minimum atomic E-state index is -1.91. The average molecular weight is 488 g/mol. The fourth-order valence-corrected chi connectivity index (χ4v) is 4.56.